The molecule has 1 heterocycles. The monoisotopic (exact) mass is 321 g/mol. The Bertz CT molecular complexity index is 961. The predicted molar refractivity (Wildman–Crippen MR) is 94.9 cm³/mol. The SMILES string of the molecule is COc1ccc(C)cc1-c1cc(C(=O)O)c2c(C)ccc(C)c2n1. The fraction of sp³-hybridized carbons (Fsp3) is 0.200. The second kappa shape index (κ2) is 5.96. The Morgan fingerprint density at radius 2 is 1.75 bits per heavy atom. The van der Waals surface area contributed by atoms with Gasteiger partial charge in [0.25, 0.3) is 0 Å². The zero-order chi connectivity index (χ0) is 17.4. The molecule has 0 bridgehead atoms. The lowest BCUT2D eigenvalue weighted by molar-refractivity contribution is 0.0699. The number of carbonyl (C=O) groups is 1. The van der Waals surface area contributed by atoms with Crippen molar-refractivity contribution in [3.63, 3.8) is 0 Å². The van der Waals surface area contributed by atoms with E-state index in [9.17, 15) is 9.90 Å². The number of benzene rings is 2. The van der Waals surface area contributed by atoms with E-state index in [-0.39, 0.29) is 5.56 Å². The third-order valence-corrected chi connectivity index (χ3v) is 4.23. The molecule has 4 nitrogen and oxygen atoms in total. The molecule has 0 radical (unpaired) electrons. The third kappa shape index (κ3) is 2.60. The summed E-state index contributed by atoms with van der Waals surface area (Å²) in [5.74, 6) is -0.280. The van der Waals surface area contributed by atoms with E-state index in [0.717, 1.165) is 22.3 Å². The molecular weight excluding hydrogens is 302 g/mol. The summed E-state index contributed by atoms with van der Waals surface area (Å²) in [4.78, 5) is 16.6. The molecule has 0 fully saturated rings. The maximum atomic E-state index is 11.8. The number of aromatic carboxylic acids is 1. The summed E-state index contributed by atoms with van der Waals surface area (Å²) >= 11 is 0. The van der Waals surface area contributed by atoms with E-state index in [0.29, 0.717) is 22.3 Å². The quantitative estimate of drug-likeness (QED) is 0.769. The molecule has 0 saturated carbocycles. The predicted octanol–water partition coefficient (Wildman–Crippen LogP) is 4.53. The Kier molecular flexibility index (Phi) is 3.97. The molecule has 0 aliphatic rings. The molecular formula is C20H19NO3. The van der Waals surface area contributed by atoms with Crippen LogP contribution in [0.25, 0.3) is 22.2 Å². The van der Waals surface area contributed by atoms with Gasteiger partial charge in [0.1, 0.15) is 5.75 Å². The van der Waals surface area contributed by atoms with Crippen LogP contribution in [-0.2, 0) is 0 Å². The molecule has 3 aromatic rings. The van der Waals surface area contributed by atoms with E-state index in [1.807, 2.05) is 51.1 Å². The number of rotatable bonds is 3. The van der Waals surface area contributed by atoms with Gasteiger partial charge in [0, 0.05) is 10.9 Å². The number of carboxylic acid groups (broad SMARTS) is 1. The lowest BCUT2D eigenvalue weighted by Crippen LogP contribution is -2.03. The average molecular weight is 321 g/mol. The highest BCUT2D eigenvalue weighted by atomic mass is 16.5. The summed E-state index contributed by atoms with van der Waals surface area (Å²) in [6, 6.07) is 11.3. The molecule has 1 aromatic heterocycles. The van der Waals surface area contributed by atoms with Gasteiger partial charge in [-0.2, -0.15) is 0 Å². The Hall–Kier alpha value is -2.88. The number of fused-ring (bicyclic) bond motifs is 1. The minimum absolute atomic E-state index is 0.264. The first kappa shape index (κ1) is 16.0. The van der Waals surface area contributed by atoms with Crippen molar-refractivity contribution in [1.29, 1.82) is 0 Å². The molecule has 0 aliphatic carbocycles. The van der Waals surface area contributed by atoms with Gasteiger partial charge in [-0.05, 0) is 50.1 Å². The van der Waals surface area contributed by atoms with Gasteiger partial charge in [-0.15, -0.1) is 0 Å². The zero-order valence-corrected chi connectivity index (χ0v) is 14.2. The van der Waals surface area contributed by atoms with E-state index in [2.05, 4.69) is 0 Å². The van der Waals surface area contributed by atoms with Crippen LogP contribution < -0.4 is 4.74 Å². The van der Waals surface area contributed by atoms with Crippen molar-refractivity contribution < 1.29 is 14.6 Å². The van der Waals surface area contributed by atoms with Crippen LogP contribution in [0.1, 0.15) is 27.0 Å². The number of hydrogen-bond acceptors (Lipinski definition) is 3. The first-order chi connectivity index (χ1) is 11.4. The molecule has 3 rings (SSSR count). The van der Waals surface area contributed by atoms with Crippen molar-refractivity contribution in [1.82, 2.24) is 4.98 Å². The number of carboxylic acids is 1. The number of aryl methyl sites for hydroxylation is 3. The van der Waals surface area contributed by atoms with Crippen LogP contribution in [0.5, 0.6) is 5.75 Å². The summed E-state index contributed by atoms with van der Waals surface area (Å²) in [6.07, 6.45) is 0. The molecule has 2 aromatic carbocycles. The fourth-order valence-electron chi connectivity index (χ4n) is 2.97. The third-order valence-electron chi connectivity index (χ3n) is 4.23. The number of ether oxygens (including phenoxy) is 1. The topological polar surface area (TPSA) is 59.4 Å². The highest BCUT2D eigenvalue weighted by Crippen LogP contribution is 2.34. The van der Waals surface area contributed by atoms with Crippen LogP contribution in [0.3, 0.4) is 0 Å². The molecule has 0 atom stereocenters. The van der Waals surface area contributed by atoms with E-state index in [4.69, 9.17) is 9.72 Å². The van der Waals surface area contributed by atoms with Gasteiger partial charge in [-0.1, -0.05) is 23.8 Å². The highest BCUT2D eigenvalue weighted by molar-refractivity contribution is 6.06. The fourth-order valence-corrected chi connectivity index (χ4v) is 2.97. The van der Waals surface area contributed by atoms with Crippen molar-refractivity contribution in [3.8, 4) is 17.0 Å². The van der Waals surface area contributed by atoms with Crippen molar-refractivity contribution in [2.45, 2.75) is 20.8 Å². The Balaban J connectivity index is 2.41. The summed E-state index contributed by atoms with van der Waals surface area (Å²) < 4.78 is 5.43. The lowest BCUT2D eigenvalue weighted by atomic mass is 9.97. The van der Waals surface area contributed by atoms with Gasteiger partial charge in [0.2, 0.25) is 0 Å². The van der Waals surface area contributed by atoms with Crippen molar-refractivity contribution in [3.05, 3.63) is 58.7 Å². The van der Waals surface area contributed by atoms with Crippen LogP contribution in [0.2, 0.25) is 0 Å². The molecule has 24 heavy (non-hydrogen) atoms. The highest BCUT2D eigenvalue weighted by Gasteiger charge is 2.17. The normalized spacial score (nSPS) is 10.8. The van der Waals surface area contributed by atoms with Crippen molar-refractivity contribution in [2.24, 2.45) is 0 Å². The molecule has 0 amide bonds. The van der Waals surface area contributed by atoms with Crippen LogP contribution in [0.15, 0.2) is 36.4 Å². The molecule has 0 saturated heterocycles. The average Bonchev–Trinajstić information content (AvgIpc) is 2.57. The van der Waals surface area contributed by atoms with Crippen LogP contribution in [0, 0.1) is 20.8 Å². The van der Waals surface area contributed by atoms with E-state index in [1.54, 1.807) is 13.2 Å². The summed E-state index contributed by atoms with van der Waals surface area (Å²) in [5.41, 5.74) is 5.30. The molecule has 122 valence electrons. The van der Waals surface area contributed by atoms with Crippen LogP contribution in [0.4, 0.5) is 0 Å². The summed E-state index contributed by atoms with van der Waals surface area (Å²) in [6.45, 7) is 5.83. The van der Waals surface area contributed by atoms with E-state index >= 15 is 0 Å². The maximum Gasteiger partial charge on any atom is 0.336 e. The smallest absolute Gasteiger partial charge is 0.336 e. The molecule has 0 spiro atoms. The number of hydrogen-bond donors (Lipinski definition) is 1. The summed E-state index contributed by atoms with van der Waals surface area (Å²) in [5, 5.41) is 10.4. The number of methoxy groups -OCH3 is 1. The van der Waals surface area contributed by atoms with Gasteiger partial charge in [-0.25, -0.2) is 9.78 Å². The molecule has 1 N–H and O–H groups in total. The second-order valence-corrected chi connectivity index (χ2v) is 5.99. The first-order valence-electron chi connectivity index (χ1n) is 7.71. The van der Waals surface area contributed by atoms with Crippen LogP contribution in [-0.4, -0.2) is 23.2 Å². The largest absolute Gasteiger partial charge is 0.496 e. The Morgan fingerprint density at radius 3 is 2.42 bits per heavy atom. The maximum absolute atomic E-state index is 11.8. The minimum Gasteiger partial charge on any atom is -0.496 e. The van der Waals surface area contributed by atoms with Gasteiger partial charge in [0.05, 0.1) is 23.9 Å². The van der Waals surface area contributed by atoms with Gasteiger partial charge < -0.3 is 9.84 Å². The molecule has 0 aliphatic heterocycles. The Labute approximate surface area is 140 Å². The minimum atomic E-state index is -0.955. The zero-order valence-electron chi connectivity index (χ0n) is 14.2. The van der Waals surface area contributed by atoms with Gasteiger partial charge in [-0.3, -0.25) is 0 Å². The van der Waals surface area contributed by atoms with Gasteiger partial charge >= 0.3 is 5.97 Å². The standard InChI is InChI=1S/C20H19NO3/c1-11-5-8-17(24-4)14(9-11)16-10-15(20(22)23)18-12(2)6-7-13(3)19(18)21-16/h5-10H,1-4H3,(H,22,23). The first-order valence-corrected chi connectivity index (χ1v) is 7.71. The lowest BCUT2D eigenvalue weighted by Gasteiger charge is -2.13. The number of aromatic nitrogens is 1. The number of pyridine rings is 1. The van der Waals surface area contributed by atoms with E-state index in [1.165, 1.54) is 0 Å². The van der Waals surface area contributed by atoms with E-state index < -0.39 is 5.97 Å². The summed E-state index contributed by atoms with van der Waals surface area (Å²) in [7, 11) is 1.60. The van der Waals surface area contributed by atoms with Crippen molar-refractivity contribution in [2.75, 3.05) is 7.11 Å². The van der Waals surface area contributed by atoms with Gasteiger partial charge in [0.15, 0.2) is 0 Å². The Morgan fingerprint density at radius 1 is 1.04 bits per heavy atom. The van der Waals surface area contributed by atoms with Crippen molar-refractivity contribution >= 4 is 16.9 Å². The van der Waals surface area contributed by atoms with Crippen LogP contribution >= 0.6 is 0 Å². The molecule has 0 unspecified atom stereocenters. The second-order valence-electron chi connectivity index (χ2n) is 5.99. The molecule has 4 heteroatoms. The number of nitrogens with zero attached hydrogens (tertiary/aromatic N) is 1.